The molecule has 0 aliphatic carbocycles. The minimum atomic E-state index is 0.333. The first-order chi connectivity index (χ1) is 8.78. The quantitative estimate of drug-likeness (QED) is 0.868. The molecule has 3 nitrogen and oxygen atoms in total. The maximum atomic E-state index is 5.50. The van der Waals surface area contributed by atoms with Gasteiger partial charge in [0.25, 0.3) is 0 Å². The highest BCUT2D eigenvalue weighted by molar-refractivity contribution is 5.29. The van der Waals surface area contributed by atoms with Crippen molar-refractivity contribution in [2.75, 3.05) is 33.9 Å². The number of nitrogens with one attached hydrogen (secondary N) is 1. The number of rotatable bonds is 5. The second-order valence-electron chi connectivity index (χ2n) is 5.17. The lowest BCUT2D eigenvalue weighted by Crippen LogP contribution is -2.39. The van der Waals surface area contributed by atoms with Crippen LogP contribution in [-0.2, 0) is 11.2 Å². The Hall–Kier alpha value is -1.06. The summed E-state index contributed by atoms with van der Waals surface area (Å²) in [7, 11) is 3.75. The van der Waals surface area contributed by atoms with Crippen molar-refractivity contribution >= 4 is 0 Å². The summed E-state index contributed by atoms with van der Waals surface area (Å²) in [5.41, 5.74) is 1.69. The van der Waals surface area contributed by atoms with Gasteiger partial charge in [0.15, 0.2) is 0 Å². The Labute approximate surface area is 109 Å². The molecule has 3 heteroatoms. The summed E-state index contributed by atoms with van der Waals surface area (Å²) < 4.78 is 10.8. The Morgan fingerprint density at radius 3 is 2.78 bits per heavy atom. The predicted octanol–water partition coefficient (Wildman–Crippen LogP) is 2.25. The van der Waals surface area contributed by atoms with E-state index in [1.54, 1.807) is 7.11 Å². The fourth-order valence-corrected chi connectivity index (χ4v) is 2.81. The van der Waals surface area contributed by atoms with Gasteiger partial charge in [-0.3, -0.25) is 0 Å². The van der Waals surface area contributed by atoms with Gasteiger partial charge in [0.05, 0.1) is 7.11 Å². The molecule has 2 rings (SSSR count). The highest BCUT2D eigenvalue weighted by Gasteiger charge is 2.32. The molecule has 1 aromatic rings. The van der Waals surface area contributed by atoms with Crippen LogP contribution in [0, 0.1) is 5.41 Å². The van der Waals surface area contributed by atoms with Gasteiger partial charge in [-0.05, 0) is 49.4 Å². The molecule has 0 unspecified atom stereocenters. The van der Waals surface area contributed by atoms with Crippen molar-refractivity contribution in [2.24, 2.45) is 5.41 Å². The van der Waals surface area contributed by atoms with Crippen LogP contribution in [-0.4, -0.2) is 33.9 Å². The topological polar surface area (TPSA) is 30.5 Å². The van der Waals surface area contributed by atoms with Crippen LogP contribution in [0.3, 0.4) is 0 Å². The highest BCUT2D eigenvalue weighted by Crippen LogP contribution is 2.34. The lowest BCUT2D eigenvalue weighted by molar-refractivity contribution is 0.0158. The van der Waals surface area contributed by atoms with Crippen molar-refractivity contribution in [1.29, 1.82) is 0 Å². The lowest BCUT2D eigenvalue weighted by atomic mass is 9.75. The standard InChI is InChI=1S/C15H23NO2/c1-16-12-15(6-8-18-9-7-15)11-13-4-3-5-14(10-13)17-2/h3-5,10,16H,6-9,11-12H2,1-2H3. The molecule has 0 aromatic heterocycles. The number of methoxy groups -OCH3 is 1. The van der Waals surface area contributed by atoms with Gasteiger partial charge in [-0.2, -0.15) is 0 Å². The van der Waals surface area contributed by atoms with Crippen molar-refractivity contribution < 1.29 is 9.47 Å². The summed E-state index contributed by atoms with van der Waals surface area (Å²) in [5.74, 6) is 0.944. The van der Waals surface area contributed by atoms with Gasteiger partial charge in [0.2, 0.25) is 0 Å². The molecular formula is C15H23NO2. The second kappa shape index (κ2) is 6.21. The number of hydrogen-bond donors (Lipinski definition) is 1. The summed E-state index contributed by atoms with van der Waals surface area (Å²) in [5, 5.41) is 3.34. The lowest BCUT2D eigenvalue weighted by Gasteiger charge is -2.37. The average Bonchev–Trinajstić information content (AvgIpc) is 2.40. The largest absolute Gasteiger partial charge is 0.497 e. The second-order valence-corrected chi connectivity index (χ2v) is 5.17. The molecule has 1 N–H and O–H groups in total. The van der Waals surface area contributed by atoms with E-state index in [0.29, 0.717) is 5.41 Å². The molecule has 0 amide bonds. The minimum Gasteiger partial charge on any atom is -0.497 e. The van der Waals surface area contributed by atoms with Gasteiger partial charge in [-0.25, -0.2) is 0 Å². The maximum Gasteiger partial charge on any atom is 0.119 e. The molecule has 1 fully saturated rings. The monoisotopic (exact) mass is 249 g/mol. The molecule has 1 aliphatic rings. The normalized spacial score (nSPS) is 18.6. The zero-order valence-corrected chi connectivity index (χ0v) is 11.4. The predicted molar refractivity (Wildman–Crippen MR) is 73.1 cm³/mol. The van der Waals surface area contributed by atoms with Crippen molar-refractivity contribution in [3.05, 3.63) is 29.8 Å². The molecule has 0 saturated carbocycles. The van der Waals surface area contributed by atoms with Crippen LogP contribution in [0.1, 0.15) is 18.4 Å². The van der Waals surface area contributed by atoms with Gasteiger partial charge in [-0.15, -0.1) is 0 Å². The van der Waals surface area contributed by atoms with Gasteiger partial charge in [0.1, 0.15) is 5.75 Å². The third kappa shape index (κ3) is 3.24. The van der Waals surface area contributed by atoms with Crippen LogP contribution < -0.4 is 10.1 Å². The smallest absolute Gasteiger partial charge is 0.119 e. The van der Waals surface area contributed by atoms with Crippen LogP contribution in [0.25, 0.3) is 0 Å². The third-order valence-electron chi connectivity index (χ3n) is 3.82. The molecule has 0 spiro atoms. The van der Waals surface area contributed by atoms with Gasteiger partial charge in [0, 0.05) is 19.8 Å². The number of benzene rings is 1. The molecule has 1 aliphatic heterocycles. The van der Waals surface area contributed by atoms with Crippen LogP contribution >= 0.6 is 0 Å². The van der Waals surface area contributed by atoms with E-state index in [4.69, 9.17) is 9.47 Å². The van der Waals surface area contributed by atoms with E-state index < -0.39 is 0 Å². The fraction of sp³-hybridized carbons (Fsp3) is 0.600. The molecule has 100 valence electrons. The Morgan fingerprint density at radius 1 is 1.33 bits per heavy atom. The Balaban J connectivity index is 2.11. The number of ether oxygens (including phenoxy) is 2. The van der Waals surface area contributed by atoms with E-state index in [-0.39, 0.29) is 0 Å². The van der Waals surface area contributed by atoms with Crippen LogP contribution in [0.2, 0.25) is 0 Å². The summed E-state index contributed by atoms with van der Waals surface area (Å²) in [6.45, 7) is 2.81. The van der Waals surface area contributed by atoms with E-state index in [2.05, 4.69) is 23.5 Å². The van der Waals surface area contributed by atoms with E-state index >= 15 is 0 Å². The Kier molecular flexibility index (Phi) is 4.61. The summed E-state index contributed by atoms with van der Waals surface area (Å²) in [6, 6.07) is 8.40. The van der Waals surface area contributed by atoms with E-state index in [1.807, 2.05) is 13.1 Å². The van der Waals surface area contributed by atoms with Crippen LogP contribution in [0.5, 0.6) is 5.75 Å². The first kappa shape index (κ1) is 13.4. The molecule has 1 saturated heterocycles. The van der Waals surface area contributed by atoms with Gasteiger partial charge < -0.3 is 14.8 Å². The Bertz CT molecular complexity index is 367. The molecule has 0 radical (unpaired) electrons. The molecular weight excluding hydrogens is 226 g/mol. The van der Waals surface area contributed by atoms with Crippen molar-refractivity contribution in [3.8, 4) is 5.75 Å². The first-order valence-corrected chi connectivity index (χ1v) is 6.63. The fourth-order valence-electron chi connectivity index (χ4n) is 2.81. The molecule has 0 atom stereocenters. The molecule has 18 heavy (non-hydrogen) atoms. The van der Waals surface area contributed by atoms with Crippen LogP contribution in [0.15, 0.2) is 24.3 Å². The van der Waals surface area contributed by atoms with Crippen molar-refractivity contribution in [2.45, 2.75) is 19.3 Å². The molecule has 0 bridgehead atoms. The summed E-state index contributed by atoms with van der Waals surface area (Å²) in [6.07, 6.45) is 3.35. The van der Waals surface area contributed by atoms with Crippen molar-refractivity contribution in [1.82, 2.24) is 5.32 Å². The summed E-state index contributed by atoms with van der Waals surface area (Å²) in [4.78, 5) is 0. The van der Waals surface area contributed by atoms with Gasteiger partial charge in [-0.1, -0.05) is 12.1 Å². The molecule has 1 aromatic carbocycles. The van der Waals surface area contributed by atoms with E-state index in [9.17, 15) is 0 Å². The average molecular weight is 249 g/mol. The zero-order valence-electron chi connectivity index (χ0n) is 11.4. The summed E-state index contributed by atoms with van der Waals surface area (Å²) >= 11 is 0. The van der Waals surface area contributed by atoms with Crippen LogP contribution in [0.4, 0.5) is 0 Å². The highest BCUT2D eigenvalue weighted by atomic mass is 16.5. The Morgan fingerprint density at radius 2 is 2.11 bits per heavy atom. The SMILES string of the molecule is CNCC1(Cc2cccc(OC)c2)CCOCC1. The van der Waals surface area contributed by atoms with E-state index in [0.717, 1.165) is 44.8 Å². The van der Waals surface area contributed by atoms with Gasteiger partial charge >= 0.3 is 0 Å². The number of hydrogen-bond acceptors (Lipinski definition) is 3. The van der Waals surface area contributed by atoms with Crippen molar-refractivity contribution in [3.63, 3.8) is 0 Å². The minimum absolute atomic E-state index is 0.333. The maximum absolute atomic E-state index is 5.50. The third-order valence-corrected chi connectivity index (χ3v) is 3.82. The first-order valence-electron chi connectivity index (χ1n) is 6.63. The zero-order chi connectivity index (χ0) is 12.8. The van der Waals surface area contributed by atoms with E-state index in [1.165, 1.54) is 5.56 Å². The molecule has 1 heterocycles.